The molecule has 2 rings (SSSR count). The lowest BCUT2D eigenvalue weighted by atomic mass is 9.64. The number of hydrogen-bond acceptors (Lipinski definition) is 1. The number of halogens is 2. The summed E-state index contributed by atoms with van der Waals surface area (Å²) in [6, 6.07) is 6.61. The second-order valence-corrected chi connectivity index (χ2v) is 4.54. The number of hydrogen-bond donors (Lipinski definition) is 1. The maximum absolute atomic E-state index is 12.7. The highest BCUT2D eigenvalue weighted by Gasteiger charge is 2.38. The standard InChI is InChI=1S/C12H16FN.ClH/c1-12(7-2-8-12)11(14)9-3-5-10(13)6-4-9;/h3-6,11H,2,7-8,14H2,1H3;1H. The predicted molar refractivity (Wildman–Crippen MR) is 62.5 cm³/mol. The molecule has 2 N–H and O–H groups in total. The molecular formula is C12H17ClFN. The highest BCUT2D eigenvalue weighted by atomic mass is 35.5. The van der Waals surface area contributed by atoms with E-state index in [9.17, 15) is 4.39 Å². The second kappa shape index (κ2) is 4.50. The minimum Gasteiger partial charge on any atom is -0.323 e. The monoisotopic (exact) mass is 229 g/mol. The summed E-state index contributed by atoms with van der Waals surface area (Å²) >= 11 is 0. The molecule has 1 atom stereocenters. The minimum absolute atomic E-state index is 0. The van der Waals surface area contributed by atoms with Crippen LogP contribution in [-0.4, -0.2) is 0 Å². The van der Waals surface area contributed by atoms with Gasteiger partial charge in [-0.2, -0.15) is 0 Å². The van der Waals surface area contributed by atoms with Gasteiger partial charge in [-0.25, -0.2) is 4.39 Å². The third-order valence-corrected chi connectivity index (χ3v) is 3.48. The van der Waals surface area contributed by atoms with Gasteiger partial charge in [-0.1, -0.05) is 25.5 Å². The highest BCUT2D eigenvalue weighted by molar-refractivity contribution is 5.85. The van der Waals surface area contributed by atoms with Crippen LogP contribution in [0.25, 0.3) is 0 Å². The van der Waals surface area contributed by atoms with Gasteiger partial charge in [0.2, 0.25) is 0 Å². The van der Waals surface area contributed by atoms with E-state index in [1.165, 1.54) is 31.4 Å². The van der Waals surface area contributed by atoms with Crippen molar-refractivity contribution in [2.75, 3.05) is 0 Å². The van der Waals surface area contributed by atoms with Crippen molar-refractivity contribution in [3.8, 4) is 0 Å². The van der Waals surface area contributed by atoms with E-state index in [1.54, 1.807) is 12.1 Å². The molecule has 0 aromatic heterocycles. The largest absolute Gasteiger partial charge is 0.323 e. The van der Waals surface area contributed by atoms with Gasteiger partial charge in [-0.3, -0.25) is 0 Å². The van der Waals surface area contributed by atoms with Crippen LogP contribution in [0.15, 0.2) is 24.3 Å². The Kier molecular flexibility index (Phi) is 3.74. The zero-order valence-corrected chi connectivity index (χ0v) is 9.69. The summed E-state index contributed by atoms with van der Waals surface area (Å²) in [7, 11) is 0. The van der Waals surface area contributed by atoms with Crippen LogP contribution >= 0.6 is 12.4 Å². The molecule has 0 aliphatic heterocycles. The molecule has 0 heterocycles. The van der Waals surface area contributed by atoms with E-state index in [0.717, 1.165) is 5.56 Å². The lowest BCUT2D eigenvalue weighted by molar-refractivity contribution is 0.119. The third kappa shape index (κ3) is 2.32. The molecular weight excluding hydrogens is 213 g/mol. The summed E-state index contributed by atoms with van der Waals surface area (Å²) in [6.07, 6.45) is 3.64. The normalized spacial score (nSPS) is 19.9. The summed E-state index contributed by atoms with van der Waals surface area (Å²) in [5, 5.41) is 0. The predicted octanol–water partition coefficient (Wildman–Crippen LogP) is 3.44. The van der Waals surface area contributed by atoms with Crippen molar-refractivity contribution < 1.29 is 4.39 Å². The molecule has 1 nitrogen and oxygen atoms in total. The molecule has 0 amide bonds. The van der Waals surface area contributed by atoms with E-state index < -0.39 is 0 Å². The number of nitrogens with two attached hydrogens (primary N) is 1. The fourth-order valence-corrected chi connectivity index (χ4v) is 2.12. The average Bonchev–Trinajstić information content (AvgIpc) is 2.14. The molecule has 1 fully saturated rings. The SMILES string of the molecule is CC1(C(N)c2ccc(F)cc2)CCC1.Cl. The van der Waals surface area contributed by atoms with Gasteiger partial charge in [-0.05, 0) is 36.0 Å². The lowest BCUT2D eigenvalue weighted by Crippen LogP contribution is -2.37. The van der Waals surface area contributed by atoms with E-state index in [1.807, 2.05) is 0 Å². The molecule has 1 aliphatic rings. The van der Waals surface area contributed by atoms with E-state index >= 15 is 0 Å². The fourth-order valence-electron chi connectivity index (χ4n) is 2.12. The van der Waals surface area contributed by atoms with Gasteiger partial charge in [0.1, 0.15) is 5.82 Å². The molecule has 0 spiro atoms. The first kappa shape index (κ1) is 12.5. The molecule has 0 radical (unpaired) electrons. The van der Waals surface area contributed by atoms with Crippen LogP contribution in [0, 0.1) is 11.2 Å². The first-order valence-corrected chi connectivity index (χ1v) is 5.13. The first-order valence-electron chi connectivity index (χ1n) is 5.13. The van der Waals surface area contributed by atoms with Crippen molar-refractivity contribution in [2.45, 2.75) is 32.2 Å². The first-order chi connectivity index (χ1) is 6.62. The summed E-state index contributed by atoms with van der Waals surface area (Å²) in [5.41, 5.74) is 7.45. The summed E-state index contributed by atoms with van der Waals surface area (Å²) in [6.45, 7) is 2.21. The van der Waals surface area contributed by atoms with Crippen LogP contribution in [0.1, 0.15) is 37.8 Å². The van der Waals surface area contributed by atoms with Crippen LogP contribution in [-0.2, 0) is 0 Å². The molecule has 84 valence electrons. The molecule has 1 aromatic rings. The van der Waals surface area contributed by atoms with Gasteiger partial charge in [0.15, 0.2) is 0 Å². The van der Waals surface area contributed by atoms with Crippen molar-refractivity contribution in [3.63, 3.8) is 0 Å². The molecule has 1 unspecified atom stereocenters. The Morgan fingerprint density at radius 2 is 1.80 bits per heavy atom. The van der Waals surface area contributed by atoms with Gasteiger partial charge in [0, 0.05) is 6.04 Å². The van der Waals surface area contributed by atoms with E-state index in [-0.39, 0.29) is 29.7 Å². The molecule has 0 bridgehead atoms. The van der Waals surface area contributed by atoms with E-state index in [4.69, 9.17) is 5.73 Å². The Hall–Kier alpha value is -0.600. The lowest BCUT2D eigenvalue weighted by Gasteiger charge is -2.43. The topological polar surface area (TPSA) is 26.0 Å². The van der Waals surface area contributed by atoms with Crippen LogP contribution in [0.3, 0.4) is 0 Å². The quantitative estimate of drug-likeness (QED) is 0.826. The summed E-state index contributed by atoms with van der Waals surface area (Å²) in [5.74, 6) is -0.195. The third-order valence-electron chi connectivity index (χ3n) is 3.48. The van der Waals surface area contributed by atoms with Crippen molar-refractivity contribution in [1.29, 1.82) is 0 Å². The van der Waals surface area contributed by atoms with Gasteiger partial charge in [0.05, 0.1) is 0 Å². The number of rotatable bonds is 2. The average molecular weight is 230 g/mol. The minimum atomic E-state index is -0.195. The summed E-state index contributed by atoms with van der Waals surface area (Å²) < 4.78 is 12.7. The Bertz CT molecular complexity index is 319. The molecule has 0 saturated heterocycles. The molecule has 1 aliphatic carbocycles. The van der Waals surface area contributed by atoms with E-state index in [2.05, 4.69) is 6.92 Å². The molecule has 1 saturated carbocycles. The van der Waals surface area contributed by atoms with Gasteiger partial charge in [0.25, 0.3) is 0 Å². The second-order valence-electron chi connectivity index (χ2n) is 4.54. The highest BCUT2D eigenvalue weighted by Crippen LogP contribution is 2.48. The number of benzene rings is 1. The van der Waals surface area contributed by atoms with E-state index in [0.29, 0.717) is 0 Å². The fraction of sp³-hybridized carbons (Fsp3) is 0.500. The maximum Gasteiger partial charge on any atom is 0.123 e. The molecule has 15 heavy (non-hydrogen) atoms. The van der Waals surface area contributed by atoms with Gasteiger partial charge < -0.3 is 5.73 Å². The van der Waals surface area contributed by atoms with Crippen LogP contribution in [0.5, 0.6) is 0 Å². The zero-order chi connectivity index (χ0) is 10.2. The Balaban J connectivity index is 0.00000112. The van der Waals surface area contributed by atoms with Gasteiger partial charge in [-0.15, -0.1) is 12.4 Å². The Morgan fingerprint density at radius 1 is 1.27 bits per heavy atom. The van der Waals surface area contributed by atoms with Crippen molar-refractivity contribution in [2.24, 2.45) is 11.1 Å². The smallest absolute Gasteiger partial charge is 0.123 e. The van der Waals surface area contributed by atoms with Crippen molar-refractivity contribution in [3.05, 3.63) is 35.6 Å². The molecule has 1 aromatic carbocycles. The van der Waals surface area contributed by atoms with Crippen LogP contribution < -0.4 is 5.73 Å². The van der Waals surface area contributed by atoms with Crippen LogP contribution in [0.2, 0.25) is 0 Å². The Labute approximate surface area is 96.3 Å². The maximum atomic E-state index is 12.7. The molecule has 3 heteroatoms. The Morgan fingerprint density at radius 3 is 2.20 bits per heavy atom. The van der Waals surface area contributed by atoms with Crippen molar-refractivity contribution in [1.82, 2.24) is 0 Å². The van der Waals surface area contributed by atoms with Crippen LogP contribution in [0.4, 0.5) is 4.39 Å². The van der Waals surface area contributed by atoms with Crippen molar-refractivity contribution >= 4 is 12.4 Å². The van der Waals surface area contributed by atoms with Gasteiger partial charge >= 0.3 is 0 Å². The summed E-state index contributed by atoms with van der Waals surface area (Å²) in [4.78, 5) is 0. The zero-order valence-electron chi connectivity index (χ0n) is 8.87.